The van der Waals surface area contributed by atoms with Crippen molar-refractivity contribution in [3.63, 3.8) is 0 Å². The Morgan fingerprint density at radius 1 is 1.29 bits per heavy atom. The lowest BCUT2D eigenvalue weighted by atomic mass is 10.1. The number of hydrogen-bond acceptors (Lipinski definition) is 8. The zero-order chi connectivity index (χ0) is 24.8. The fraction of sp³-hybridized carbons (Fsp3) is 0.381. The number of pyridine rings is 1. The number of aromatic nitrogens is 5. The smallest absolute Gasteiger partial charge is 0.444 e. The highest BCUT2D eigenvalue weighted by Crippen LogP contribution is 2.55. The first-order valence-corrected chi connectivity index (χ1v) is 12.5. The van der Waals surface area contributed by atoms with Crippen molar-refractivity contribution in [1.29, 1.82) is 0 Å². The van der Waals surface area contributed by atoms with Gasteiger partial charge in [-0.1, -0.05) is 6.07 Å². The zero-order valence-electron chi connectivity index (χ0n) is 18.6. The lowest BCUT2D eigenvalue weighted by molar-refractivity contribution is 0.0629. The van der Waals surface area contributed by atoms with Gasteiger partial charge >= 0.3 is 13.9 Å². The highest BCUT2D eigenvalue weighted by Gasteiger charge is 2.52. The minimum Gasteiger partial charge on any atom is -0.444 e. The molecule has 1 aromatic carbocycles. The first kappa shape index (κ1) is 23.5. The summed E-state index contributed by atoms with van der Waals surface area (Å²) >= 11 is 0. The summed E-state index contributed by atoms with van der Waals surface area (Å²) in [5, 5.41) is 12.0. The highest BCUT2D eigenvalue weighted by atomic mass is 31.2. The molecule has 14 heteroatoms. The van der Waals surface area contributed by atoms with Crippen LogP contribution < -0.4 is 4.90 Å². The van der Waals surface area contributed by atoms with Crippen LogP contribution in [0.1, 0.15) is 26.2 Å². The maximum Gasteiger partial charge on any atom is 0.470 e. The zero-order valence-corrected chi connectivity index (χ0v) is 19.5. The van der Waals surface area contributed by atoms with Crippen LogP contribution in [0.25, 0.3) is 22.6 Å². The predicted octanol–water partition coefficient (Wildman–Crippen LogP) is 2.92. The number of carbonyl (C=O) groups is 1. The number of carbonyl (C=O) groups excluding carboxylic acids is 1. The Labute approximate surface area is 198 Å². The summed E-state index contributed by atoms with van der Waals surface area (Å²) in [7, 11) is -4.65. The Kier molecular flexibility index (Phi) is 5.88. The highest BCUT2D eigenvalue weighted by molar-refractivity contribution is 7.46. The summed E-state index contributed by atoms with van der Waals surface area (Å²) in [5.41, 5.74) is 0.660. The molecule has 184 valence electrons. The lowest BCUT2D eigenvalue weighted by Gasteiger charge is -2.19. The van der Waals surface area contributed by atoms with Crippen molar-refractivity contribution in [2.45, 2.75) is 44.4 Å². The van der Waals surface area contributed by atoms with E-state index < -0.39 is 31.4 Å². The lowest BCUT2D eigenvalue weighted by Crippen LogP contribution is -2.27. The van der Waals surface area contributed by atoms with Crippen molar-refractivity contribution in [2.24, 2.45) is 0 Å². The molecule has 2 aromatic heterocycles. The number of anilines is 1. The fourth-order valence-corrected chi connectivity index (χ4v) is 4.81. The summed E-state index contributed by atoms with van der Waals surface area (Å²) in [6.45, 7) is 2.59. The minimum absolute atomic E-state index is 0.117. The quantitative estimate of drug-likeness (QED) is 0.438. The van der Waals surface area contributed by atoms with E-state index >= 15 is 4.39 Å². The Morgan fingerprint density at radius 3 is 2.69 bits per heavy atom. The van der Waals surface area contributed by atoms with E-state index in [9.17, 15) is 9.36 Å². The second-order valence-corrected chi connectivity index (χ2v) is 9.65. The number of rotatable bonds is 8. The van der Waals surface area contributed by atoms with Crippen LogP contribution >= 0.6 is 7.82 Å². The van der Waals surface area contributed by atoms with Crippen LogP contribution in [0.2, 0.25) is 0 Å². The van der Waals surface area contributed by atoms with E-state index in [-0.39, 0.29) is 13.0 Å². The third kappa shape index (κ3) is 5.08. The Balaban J connectivity index is 1.28. The van der Waals surface area contributed by atoms with E-state index in [1.54, 1.807) is 24.3 Å². The number of phosphoric acid groups is 1. The molecule has 1 aliphatic heterocycles. The van der Waals surface area contributed by atoms with Gasteiger partial charge in [0.25, 0.3) is 0 Å². The summed E-state index contributed by atoms with van der Waals surface area (Å²) in [5.74, 6) is -0.178. The number of ether oxygens (including phenoxy) is 1. The summed E-state index contributed by atoms with van der Waals surface area (Å²) in [6, 6.07) is 7.76. The molecule has 0 radical (unpaired) electrons. The summed E-state index contributed by atoms with van der Waals surface area (Å²) in [6.07, 6.45) is 1.31. The van der Waals surface area contributed by atoms with E-state index in [1.807, 2.05) is 6.92 Å². The van der Waals surface area contributed by atoms with Crippen LogP contribution in [0.4, 0.5) is 14.9 Å². The second-order valence-electron chi connectivity index (χ2n) is 8.48. The molecular weight excluding hydrogens is 482 g/mol. The third-order valence-corrected chi connectivity index (χ3v) is 6.52. The van der Waals surface area contributed by atoms with Crippen LogP contribution in [0.15, 0.2) is 36.5 Å². The molecule has 0 unspecified atom stereocenters. The van der Waals surface area contributed by atoms with Gasteiger partial charge in [-0.2, -0.15) is 4.80 Å². The summed E-state index contributed by atoms with van der Waals surface area (Å²) in [4.78, 5) is 37.6. The summed E-state index contributed by atoms with van der Waals surface area (Å²) < 4.78 is 36.4. The predicted molar refractivity (Wildman–Crippen MR) is 119 cm³/mol. The van der Waals surface area contributed by atoms with Gasteiger partial charge in [-0.05, 0) is 49.2 Å². The number of aryl methyl sites for hydroxylation is 1. The van der Waals surface area contributed by atoms with E-state index in [1.165, 1.54) is 22.0 Å². The molecule has 3 aromatic rings. The van der Waals surface area contributed by atoms with Gasteiger partial charge in [-0.25, -0.2) is 13.8 Å². The van der Waals surface area contributed by atoms with Crippen molar-refractivity contribution < 1.29 is 32.8 Å². The van der Waals surface area contributed by atoms with Crippen molar-refractivity contribution in [3.05, 3.63) is 42.3 Å². The number of amides is 1. The monoisotopic (exact) mass is 504 g/mol. The number of halogens is 1. The first-order valence-electron chi connectivity index (χ1n) is 10.9. The molecule has 1 saturated carbocycles. The van der Waals surface area contributed by atoms with Gasteiger partial charge in [-0.15, -0.1) is 10.2 Å². The van der Waals surface area contributed by atoms with Gasteiger partial charge in [0.2, 0.25) is 5.82 Å². The topological polar surface area (TPSA) is 153 Å². The molecule has 0 spiro atoms. The number of hydrogen-bond donors (Lipinski definition) is 2. The number of phosphoric ester groups is 1. The van der Waals surface area contributed by atoms with Gasteiger partial charge in [0, 0.05) is 23.7 Å². The van der Waals surface area contributed by atoms with Gasteiger partial charge < -0.3 is 14.5 Å². The number of benzene rings is 1. The largest absolute Gasteiger partial charge is 0.470 e. The molecular formula is C21H22FN6O6P. The molecule has 1 atom stereocenters. The van der Waals surface area contributed by atoms with Crippen molar-refractivity contribution in [1.82, 2.24) is 25.2 Å². The molecule has 1 saturated heterocycles. The fourth-order valence-electron chi connectivity index (χ4n) is 4.05. The maximum atomic E-state index is 15.0. The van der Waals surface area contributed by atoms with E-state index in [4.69, 9.17) is 19.0 Å². The molecule has 2 N–H and O–H groups in total. The molecule has 5 rings (SSSR count). The molecule has 1 amide bonds. The van der Waals surface area contributed by atoms with E-state index in [2.05, 4.69) is 20.4 Å². The molecule has 1 aliphatic carbocycles. The van der Waals surface area contributed by atoms with Gasteiger partial charge in [0.05, 0.1) is 24.4 Å². The molecule has 12 nitrogen and oxygen atoms in total. The number of cyclic esters (lactones) is 1. The van der Waals surface area contributed by atoms with Crippen molar-refractivity contribution in [2.75, 3.05) is 11.4 Å². The third-order valence-electron chi connectivity index (χ3n) is 5.90. The SMILES string of the molecule is CCn1nnc(-c2ccc(-c3ccc(N4C[C@H](CC5(OP(=O)(O)O)CC5)OC4=O)cc3F)cn2)n1. The average molecular weight is 504 g/mol. The van der Waals surface area contributed by atoms with E-state index in [0.29, 0.717) is 47.7 Å². The van der Waals surface area contributed by atoms with Crippen LogP contribution in [0, 0.1) is 5.82 Å². The normalized spacial score (nSPS) is 19.1. The second kappa shape index (κ2) is 8.76. The van der Waals surface area contributed by atoms with Crippen LogP contribution in [0.3, 0.4) is 0 Å². The molecule has 2 fully saturated rings. The number of tetrazole rings is 1. The Morgan fingerprint density at radius 2 is 2.09 bits per heavy atom. The van der Waals surface area contributed by atoms with E-state index in [0.717, 1.165) is 0 Å². The van der Waals surface area contributed by atoms with Crippen LogP contribution in [-0.2, 0) is 20.4 Å². The van der Waals surface area contributed by atoms with Crippen molar-refractivity contribution >= 4 is 19.6 Å². The molecule has 35 heavy (non-hydrogen) atoms. The Bertz CT molecular complexity index is 1310. The maximum absolute atomic E-state index is 15.0. The van der Waals surface area contributed by atoms with Crippen LogP contribution in [0.5, 0.6) is 0 Å². The minimum atomic E-state index is -4.65. The average Bonchev–Trinajstić information content (AvgIpc) is 3.20. The molecule has 2 aliphatic rings. The molecule has 3 heterocycles. The molecule has 0 bridgehead atoms. The number of nitrogens with zero attached hydrogens (tertiary/aromatic N) is 6. The standard InChI is InChI=1S/C21H22FN6O6P/c1-2-28-25-19(24-26-28)18-6-3-13(11-23-18)16-5-4-14(9-17(16)22)27-12-15(33-20(27)29)10-21(7-8-21)34-35(30,31)32/h3-6,9,11,15H,2,7-8,10,12H2,1H3,(H2,30,31,32)/t15-/m0/s1. The van der Waals surface area contributed by atoms with Crippen LogP contribution in [-0.4, -0.2) is 59.3 Å². The first-order chi connectivity index (χ1) is 16.6. The van der Waals surface area contributed by atoms with Gasteiger partial charge in [0.1, 0.15) is 17.6 Å². The Hall–Kier alpha value is -3.25. The van der Waals surface area contributed by atoms with Gasteiger partial charge in [0.15, 0.2) is 0 Å². The van der Waals surface area contributed by atoms with Crippen molar-refractivity contribution in [3.8, 4) is 22.6 Å². The van der Waals surface area contributed by atoms with Gasteiger partial charge in [-0.3, -0.25) is 14.4 Å².